The Hall–Kier alpha value is -1.71. The first kappa shape index (κ1) is 12.3. The van der Waals surface area contributed by atoms with Crippen LogP contribution < -0.4 is 5.32 Å². The summed E-state index contributed by atoms with van der Waals surface area (Å²) in [7, 11) is 2.01. The van der Waals surface area contributed by atoms with E-state index in [2.05, 4.69) is 52.9 Å². The average molecular weight is 268 g/mol. The normalized spacial score (nSPS) is 12.7. The van der Waals surface area contributed by atoms with E-state index in [1.54, 1.807) is 11.3 Å². The summed E-state index contributed by atoms with van der Waals surface area (Å²) in [5, 5.41) is 6.80. The van der Waals surface area contributed by atoms with E-state index in [0.29, 0.717) is 0 Å². The van der Waals surface area contributed by atoms with E-state index in [4.69, 9.17) is 0 Å². The van der Waals surface area contributed by atoms with Crippen molar-refractivity contribution in [2.24, 2.45) is 0 Å². The molecule has 19 heavy (non-hydrogen) atoms. The van der Waals surface area contributed by atoms with Crippen LogP contribution in [0.25, 0.3) is 10.9 Å². The molecule has 0 amide bonds. The van der Waals surface area contributed by atoms with Crippen LogP contribution in [0.15, 0.2) is 48.0 Å². The number of aromatic nitrogens is 1. The summed E-state index contributed by atoms with van der Waals surface area (Å²) in [6, 6.07) is 12.9. The molecule has 96 valence electrons. The van der Waals surface area contributed by atoms with E-state index in [1.165, 1.54) is 21.4 Å². The molecule has 0 aliphatic carbocycles. The Kier molecular flexibility index (Phi) is 3.32. The second kappa shape index (κ2) is 5.11. The van der Waals surface area contributed by atoms with Gasteiger partial charge >= 0.3 is 0 Å². The van der Waals surface area contributed by atoms with Crippen LogP contribution in [-0.4, -0.2) is 12.0 Å². The summed E-state index contributed by atoms with van der Waals surface area (Å²) in [5.41, 5.74) is 3.69. The van der Waals surface area contributed by atoms with E-state index in [0.717, 1.165) is 5.52 Å². The topological polar surface area (TPSA) is 24.9 Å². The van der Waals surface area contributed by atoms with Crippen molar-refractivity contribution < 1.29 is 0 Å². The van der Waals surface area contributed by atoms with Gasteiger partial charge in [0.05, 0.1) is 11.6 Å². The molecule has 1 aromatic carbocycles. The van der Waals surface area contributed by atoms with Crippen LogP contribution >= 0.6 is 11.3 Å². The maximum atomic E-state index is 4.44. The van der Waals surface area contributed by atoms with Crippen molar-refractivity contribution in [1.29, 1.82) is 0 Å². The molecule has 1 atom stereocenters. The predicted octanol–water partition coefficient (Wildman–Crippen LogP) is 3.91. The molecule has 0 bridgehead atoms. The Labute approximate surface area is 117 Å². The van der Waals surface area contributed by atoms with Gasteiger partial charge in [-0.1, -0.05) is 18.2 Å². The van der Waals surface area contributed by atoms with Gasteiger partial charge < -0.3 is 5.32 Å². The third-order valence-electron chi connectivity index (χ3n) is 3.49. The number of rotatable bonds is 3. The third kappa shape index (κ3) is 2.15. The quantitative estimate of drug-likeness (QED) is 0.779. The molecule has 3 rings (SSSR count). The first-order chi connectivity index (χ1) is 9.31. The monoisotopic (exact) mass is 268 g/mol. The van der Waals surface area contributed by atoms with Crippen LogP contribution in [0.5, 0.6) is 0 Å². The largest absolute Gasteiger partial charge is 0.309 e. The summed E-state index contributed by atoms with van der Waals surface area (Å²) in [6.07, 6.45) is 1.84. The minimum absolute atomic E-state index is 0.221. The van der Waals surface area contributed by atoms with E-state index in [-0.39, 0.29) is 6.04 Å². The van der Waals surface area contributed by atoms with Crippen LogP contribution in [0, 0.1) is 6.92 Å². The lowest BCUT2D eigenvalue weighted by Gasteiger charge is -2.18. The standard InChI is InChI=1S/C16H16N2S/c1-11-12(8-10-19-11)16(17-2)14-5-3-7-15-13(14)6-4-9-18-15/h3-10,16-17H,1-2H3. The first-order valence-corrected chi connectivity index (χ1v) is 7.24. The highest BCUT2D eigenvalue weighted by atomic mass is 32.1. The Morgan fingerprint density at radius 1 is 1.11 bits per heavy atom. The van der Waals surface area contributed by atoms with Crippen molar-refractivity contribution in [3.8, 4) is 0 Å². The van der Waals surface area contributed by atoms with Gasteiger partial charge in [0.15, 0.2) is 0 Å². The first-order valence-electron chi connectivity index (χ1n) is 6.36. The molecule has 3 aromatic rings. The number of hydrogen-bond acceptors (Lipinski definition) is 3. The molecule has 0 fully saturated rings. The number of nitrogens with zero attached hydrogens (tertiary/aromatic N) is 1. The van der Waals surface area contributed by atoms with Crippen molar-refractivity contribution in [3.63, 3.8) is 0 Å². The molecule has 0 spiro atoms. The minimum atomic E-state index is 0.221. The number of thiophene rings is 1. The summed E-state index contributed by atoms with van der Waals surface area (Å²) in [4.78, 5) is 5.80. The van der Waals surface area contributed by atoms with Gasteiger partial charge in [-0.05, 0) is 48.7 Å². The van der Waals surface area contributed by atoms with Crippen LogP contribution in [-0.2, 0) is 0 Å². The third-order valence-corrected chi connectivity index (χ3v) is 4.35. The molecule has 2 aromatic heterocycles. The fraction of sp³-hybridized carbons (Fsp3) is 0.188. The van der Waals surface area contributed by atoms with Crippen molar-refractivity contribution in [2.75, 3.05) is 7.05 Å². The molecule has 1 unspecified atom stereocenters. The van der Waals surface area contributed by atoms with Gasteiger partial charge in [-0.25, -0.2) is 0 Å². The average Bonchev–Trinajstić information content (AvgIpc) is 2.86. The van der Waals surface area contributed by atoms with Gasteiger partial charge in [-0.15, -0.1) is 11.3 Å². The number of hydrogen-bond donors (Lipinski definition) is 1. The zero-order valence-corrected chi connectivity index (χ0v) is 11.9. The fourth-order valence-electron chi connectivity index (χ4n) is 2.55. The van der Waals surface area contributed by atoms with Gasteiger partial charge in [0.1, 0.15) is 0 Å². The maximum Gasteiger partial charge on any atom is 0.0705 e. The Morgan fingerprint density at radius 3 is 2.74 bits per heavy atom. The SMILES string of the molecule is CNC(c1ccsc1C)c1cccc2ncccc12. The summed E-state index contributed by atoms with van der Waals surface area (Å²) in [6.45, 7) is 2.17. The van der Waals surface area contributed by atoms with E-state index >= 15 is 0 Å². The van der Waals surface area contributed by atoms with Gasteiger partial charge in [0.25, 0.3) is 0 Å². The maximum absolute atomic E-state index is 4.44. The van der Waals surface area contributed by atoms with Crippen molar-refractivity contribution >= 4 is 22.2 Å². The number of pyridine rings is 1. The fourth-order valence-corrected chi connectivity index (χ4v) is 3.29. The molecule has 0 saturated carbocycles. The number of benzene rings is 1. The Morgan fingerprint density at radius 2 is 2.00 bits per heavy atom. The predicted molar refractivity (Wildman–Crippen MR) is 81.7 cm³/mol. The van der Waals surface area contributed by atoms with Crippen LogP contribution in [0.2, 0.25) is 0 Å². The van der Waals surface area contributed by atoms with Crippen LogP contribution in [0.1, 0.15) is 22.0 Å². The molecule has 1 N–H and O–H groups in total. The molecular formula is C16H16N2S. The Balaban J connectivity index is 2.20. The molecule has 3 heteroatoms. The highest BCUT2D eigenvalue weighted by Crippen LogP contribution is 2.31. The lowest BCUT2D eigenvalue weighted by atomic mass is 9.96. The number of fused-ring (bicyclic) bond motifs is 1. The van der Waals surface area contributed by atoms with E-state index in [9.17, 15) is 0 Å². The van der Waals surface area contributed by atoms with E-state index in [1.807, 2.05) is 19.3 Å². The lowest BCUT2D eigenvalue weighted by molar-refractivity contribution is 0.696. The van der Waals surface area contributed by atoms with Crippen molar-refractivity contribution in [2.45, 2.75) is 13.0 Å². The zero-order valence-electron chi connectivity index (χ0n) is 11.1. The number of aryl methyl sites for hydroxylation is 1. The zero-order chi connectivity index (χ0) is 13.2. The second-order valence-corrected chi connectivity index (χ2v) is 5.69. The van der Waals surface area contributed by atoms with Gasteiger partial charge in [-0.3, -0.25) is 4.98 Å². The van der Waals surface area contributed by atoms with E-state index < -0.39 is 0 Å². The van der Waals surface area contributed by atoms with Gasteiger partial charge in [0, 0.05) is 16.5 Å². The molecule has 0 saturated heterocycles. The highest BCUT2D eigenvalue weighted by molar-refractivity contribution is 7.10. The lowest BCUT2D eigenvalue weighted by Crippen LogP contribution is -2.18. The summed E-state index contributed by atoms with van der Waals surface area (Å²) < 4.78 is 0. The van der Waals surface area contributed by atoms with Gasteiger partial charge in [0.2, 0.25) is 0 Å². The van der Waals surface area contributed by atoms with Crippen LogP contribution in [0.3, 0.4) is 0 Å². The molecular weight excluding hydrogens is 252 g/mol. The molecule has 2 nitrogen and oxygen atoms in total. The van der Waals surface area contributed by atoms with Crippen LogP contribution in [0.4, 0.5) is 0 Å². The smallest absolute Gasteiger partial charge is 0.0705 e. The molecule has 0 aliphatic rings. The minimum Gasteiger partial charge on any atom is -0.309 e. The second-order valence-electron chi connectivity index (χ2n) is 4.57. The molecule has 2 heterocycles. The summed E-state index contributed by atoms with van der Waals surface area (Å²) in [5.74, 6) is 0. The molecule has 0 aliphatic heterocycles. The highest BCUT2D eigenvalue weighted by Gasteiger charge is 2.17. The van der Waals surface area contributed by atoms with Crippen molar-refractivity contribution in [1.82, 2.24) is 10.3 Å². The van der Waals surface area contributed by atoms with Gasteiger partial charge in [-0.2, -0.15) is 0 Å². The summed E-state index contributed by atoms with van der Waals surface area (Å²) >= 11 is 1.79. The number of nitrogens with one attached hydrogen (secondary N) is 1. The molecule has 0 radical (unpaired) electrons. The Bertz CT molecular complexity index is 697. The van der Waals surface area contributed by atoms with Crippen molar-refractivity contribution in [3.05, 3.63) is 64.0 Å².